The van der Waals surface area contributed by atoms with Crippen molar-refractivity contribution >= 4 is 0 Å². The lowest BCUT2D eigenvalue weighted by molar-refractivity contribution is 0.294. The van der Waals surface area contributed by atoms with Gasteiger partial charge >= 0.3 is 0 Å². The maximum atomic E-state index is 9.04. The second kappa shape index (κ2) is 3.09. The Morgan fingerprint density at radius 3 is 2.90 bits per heavy atom. The summed E-state index contributed by atoms with van der Waals surface area (Å²) in [6.07, 6.45) is 3.84. The molecule has 0 bridgehead atoms. The largest absolute Gasteiger partial charge is 0.500 e. The second-order valence-corrected chi connectivity index (χ2v) is 1.95. The van der Waals surface area contributed by atoms with E-state index in [0.717, 1.165) is 0 Å². The molecule has 0 aromatic carbocycles. The molecule has 0 heterocycles. The van der Waals surface area contributed by atoms with E-state index in [-0.39, 0.29) is 12.4 Å². The Kier molecular flexibility index (Phi) is 2.14. The highest BCUT2D eigenvalue weighted by atomic mass is 16.3. The summed E-state index contributed by atoms with van der Waals surface area (Å²) in [7, 11) is 0. The van der Waals surface area contributed by atoms with Crippen LogP contribution in [0.25, 0.3) is 0 Å². The third-order valence-corrected chi connectivity index (χ3v) is 1.24. The van der Waals surface area contributed by atoms with Crippen LogP contribution in [0, 0.1) is 0 Å². The molecule has 0 radical (unpaired) electrons. The Bertz CT molecular complexity index is 248. The van der Waals surface area contributed by atoms with Gasteiger partial charge in [0.25, 0.3) is 0 Å². The van der Waals surface area contributed by atoms with Crippen molar-refractivity contribution in [3.05, 3.63) is 34.9 Å². The molecule has 52 valence electrons. The van der Waals surface area contributed by atoms with Crippen molar-refractivity contribution in [3.8, 4) is 0 Å². The van der Waals surface area contributed by atoms with Crippen LogP contribution in [0.1, 0.15) is 6.42 Å². The molecule has 0 fully saturated rings. The molecule has 2 nitrogen and oxygen atoms in total. The molecule has 10 heavy (non-hydrogen) atoms. The van der Waals surface area contributed by atoms with Gasteiger partial charge < -0.3 is 10.2 Å². The first-order chi connectivity index (χ1) is 4.84. The zero-order valence-electron chi connectivity index (χ0n) is 5.46. The minimum absolute atomic E-state index is 0.0470. The predicted octanol–water partition coefficient (Wildman–Crippen LogP) is 1.06. The van der Waals surface area contributed by atoms with E-state index in [1.165, 1.54) is 0 Å². The van der Waals surface area contributed by atoms with Gasteiger partial charge in [0.1, 0.15) is 0 Å². The zero-order valence-corrected chi connectivity index (χ0v) is 5.46. The van der Waals surface area contributed by atoms with Crippen molar-refractivity contribution in [3.63, 3.8) is 0 Å². The van der Waals surface area contributed by atoms with E-state index >= 15 is 0 Å². The summed E-state index contributed by atoms with van der Waals surface area (Å²) in [4.78, 5) is 0. The van der Waals surface area contributed by atoms with Crippen LogP contribution in [-0.2, 0) is 0 Å². The zero-order chi connectivity index (χ0) is 7.40. The Balaban J connectivity index is 2.76. The summed E-state index contributed by atoms with van der Waals surface area (Å²) < 4.78 is 0. The summed E-state index contributed by atoms with van der Waals surface area (Å²) in [5.41, 5.74) is 5.82. The van der Waals surface area contributed by atoms with Crippen molar-refractivity contribution < 1.29 is 10.2 Å². The van der Waals surface area contributed by atoms with E-state index in [0.29, 0.717) is 12.0 Å². The molecule has 0 unspecified atom stereocenters. The smallest absolute Gasteiger partial charge is 0.170 e. The highest BCUT2D eigenvalue weighted by Crippen LogP contribution is 2.11. The maximum absolute atomic E-state index is 9.04. The van der Waals surface area contributed by atoms with Crippen molar-refractivity contribution in [1.82, 2.24) is 0 Å². The van der Waals surface area contributed by atoms with Gasteiger partial charge in [0, 0.05) is 12.2 Å². The number of rotatable bonds is 2. The molecule has 0 saturated heterocycles. The molecule has 2 heteroatoms. The van der Waals surface area contributed by atoms with E-state index in [1.54, 1.807) is 12.2 Å². The first kappa shape index (κ1) is 6.91. The minimum Gasteiger partial charge on any atom is -0.500 e. The lowest BCUT2D eigenvalue weighted by atomic mass is 10.1. The molecule has 0 saturated carbocycles. The fourth-order valence-electron chi connectivity index (χ4n) is 0.734. The molecule has 0 atom stereocenters. The topological polar surface area (TPSA) is 40.5 Å². The molecule has 0 aliphatic heterocycles. The SMILES string of the molecule is OCCC1=CC=C=C=C1O. The quantitative estimate of drug-likeness (QED) is 0.557. The number of allylic oxidation sites excluding steroid dienone is 3. The van der Waals surface area contributed by atoms with Crippen LogP contribution in [0.15, 0.2) is 34.9 Å². The number of hydrogen-bond acceptors (Lipinski definition) is 2. The van der Waals surface area contributed by atoms with Gasteiger partial charge in [-0.15, -0.1) is 0 Å². The fourth-order valence-corrected chi connectivity index (χ4v) is 0.734. The Morgan fingerprint density at radius 2 is 2.30 bits per heavy atom. The molecule has 1 rings (SSSR count). The van der Waals surface area contributed by atoms with Gasteiger partial charge in [0.05, 0.1) is 0 Å². The Morgan fingerprint density at radius 1 is 1.50 bits per heavy atom. The van der Waals surface area contributed by atoms with Gasteiger partial charge in [-0.2, -0.15) is 0 Å². The first-order valence-corrected chi connectivity index (χ1v) is 3.05. The summed E-state index contributed by atoms with van der Waals surface area (Å²) in [5.74, 6) is 0.0801. The monoisotopic (exact) mass is 136 g/mol. The lowest BCUT2D eigenvalue weighted by Crippen LogP contribution is -1.92. The van der Waals surface area contributed by atoms with Gasteiger partial charge in [-0.1, -0.05) is 5.73 Å². The van der Waals surface area contributed by atoms with E-state index in [9.17, 15) is 0 Å². The number of aliphatic hydroxyl groups is 2. The summed E-state index contributed by atoms with van der Waals surface area (Å²) >= 11 is 0. The van der Waals surface area contributed by atoms with Crippen molar-refractivity contribution in [1.29, 1.82) is 0 Å². The highest BCUT2D eigenvalue weighted by molar-refractivity contribution is 5.31. The van der Waals surface area contributed by atoms with Crippen LogP contribution >= 0.6 is 0 Å². The van der Waals surface area contributed by atoms with Crippen LogP contribution in [0.5, 0.6) is 0 Å². The molecule has 0 aromatic rings. The van der Waals surface area contributed by atoms with Crippen molar-refractivity contribution in [2.75, 3.05) is 6.61 Å². The number of aliphatic hydroxyl groups excluding tert-OH is 2. The molecule has 1 aliphatic rings. The Labute approximate surface area is 59.1 Å². The van der Waals surface area contributed by atoms with E-state index in [2.05, 4.69) is 11.5 Å². The molecule has 0 spiro atoms. The Hall–Kier alpha value is -1.20. The normalized spacial score (nSPS) is 14.9. The van der Waals surface area contributed by atoms with E-state index in [4.69, 9.17) is 10.2 Å². The second-order valence-electron chi connectivity index (χ2n) is 1.95. The summed E-state index contributed by atoms with van der Waals surface area (Å²) in [5, 5.41) is 17.6. The van der Waals surface area contributed by atoms with Gasteiger partial charge in [0.2, 0.25) is 0 Å². The van der Waals surface area contributed by atoms with Gasteiger partial charge in [0.15, 0.2) is 5.76 Å². The molecular weight excluding hydrogens is 128 g/mol. The van der Waals surface area contributed by atoms with Crippen LogP contribution < -0.4 is 0 Å². The van der Waals surface area contributed by atoms with E-state index in [1.807, 2.05) is 0 Å². The van der Waals surface area contributed by atoms with Gasteiger partial charge in [-0.05, 0) is 24.3 Å². The average molecular weight is 136 g/mol. The molecular formula is C8H8O2. The minimum atomic E-state index is 0.0470. The van der Waals surface area contributed by atoms with Crippen LogP contribution in [0.3, 0.4) is 0 Å². The van der Waals surface area contributed by atoms with Crippen molar-refractivity contribution in [2.45, 2.75) is 6.42 Å². The highest BCUT2D eigenvalue weighted by Gasteiger charge is 2.01. The van der Waals surface area contributed by atoms with Crippen LogP contribution in [0.4, 0.5) is 0 Å². The summed E-state index contributed by atoms with van der Waals surface area (Å²) in [6.45, 7) is 0.0470. The number of hydrogen-bond donors (Lipinski definition) is 2. The third kappa shape index (κ3) is 1.40. The van der Waals surface area contributed by atoms with Crippen LogP contribution in [0.2, 0.25) is 0 Å². The predicted molar refractivity (Wildman–Crippen MR) is 37.5 cm³/mol. The van der Waals surface area contributed by atoms with Crippen LogP contribution in [-0.4, -0.2) is 16.8 Å². The van der Waals surface area contributed by atoms with Gasteiger partial charge in [-0.25, -0.2) is 0 Å². The summed E-state index contributed by atoms with van der Waals surface area (Å²) in [6, 6.07) is 0. The first-order valence-electron chi connectivity index (χ1n) is 3.05. The maximum Gasteiger partial charge on any atom is 0.170 e. The van der Waals surface area contributed by atoms with Gasteiger partial charge in [-0.3, -0.25) is 0 Å². The molecule has 1 aliphatic carbocycles. The molecule has 0 aromatic heterocycles. The third-order valence-electron chi connectivity index (χ3n) is 1.24. The fraction of sp³-hybridized carbons (Fsp3) is 0.250. The lowest BCUT2D eigenvalue weighted by Gasteiger charge is -2.00. The standard InChI is InChI=1S/C8H8O2/c9-6-5-7-3-1-2-4-8(7)10/h1,3,9-10H,5-6H2. The molecule has 0 amide bonds. The van der Waals surface area contributed by atoms with Crippen molar-refractivity contribution in [2.24, 2.45) is 0 Å². The van der Waals surface area contributed by atoms with E-state index < -0.39 is 0 Å². The molecule has 2 N–H and O–H groups in total. The average Bonchev–Trinajstić information content (AvgIpc) is 1.94.